The number of fused-ring (bicyclic) bond motifs is 1. The Hall–Kier alpha value is -1.65. The van der Waals surface area contributed by atoms with Crippen molar-refractivity contribution in [2.24, 2.45) is 0 Å². The quantitative estimate of drug-likeness (QED) is 0.810. The molecule has 4 nitrogen and oxygen atoms in total. The molecular weight excluding hydrogens is 218 g/mol. The predicted octanol–water partition coefficient (Wildman–Crippen LogP) is 1.99. The van der Waals surface area contributed by atoms with Crippen molar-refractivity contribution in [3.63, 3.8) is 0 Å². The molecule has 0 aliphatic carbocycles. The van der Waals surface area contributed by atoms with E-state index in [0.717, 1.165) is 16.7 Å². The number of hydrogen-bond acceptors (Lipinski definition) is 4. The highest BCUT2D eigenvalue weighted by Gasteiger charge is 2.16. The summed E-state index contributed by atoms with van der Waals surface area (Å²) in [6.45, 7) is 1.70. The Bertz CT molecular complexity index is 503. The van der Waals surface area contributed by atoms with Gasteiger partial charge in [0.1, 0.15) is 12.4 Å². The van der Waals surface area contributed by atoms with Gasteiger partial charge in [-0.1, -0.05) is 6.07 Å². The van der Waals surface area contributed by atoms with Gasteiger partial charge in [-0.2, -0.15) is 0 Å². The molecule has 0 N–H and O–H groups in total. The lowest BCUT2D eigenvalue weighted by Gasteiger charge is -2.12. The summed E-state index contributed by atoms with van der Waals surface area (Å²) < 4.78 is 16.4. The van der Waals surface area contributed by atoms with Gasteiger partial charge in [-0.05, 0) is 24.3 Å². The monoisotopic (exact) mass is 231 g/mol. The van der Waals surface area contributed by atoms with Crippen LogP contribution in [-0.2, 0) is 9.47 Å². The van der Waals surface area contributed by atoms with Gasteiger partial charge in [-0.25, -0.2) is 0 Å². The SMILES string of the molecule is c1cc(OCC2OCCO2)c2cccnc2c1. The van der Waals surface area contributed by atoms with Crippen molar-refractivity contribution in [2.45, 2.75) is 6.29 Å². The van der Waals surface area contributed by atoms with Crippen molar-refractivity contribution in [1.82, 2.24) is 4.98 Å². The van der Waals surface area contributed by atoms with E-state index in [1.54, 1.807) is 6.20 Å². The van der Waals surface area contributed by atoms with Gasteiger partial charge in [-0.3, -0.25) is 4.98 Å². The molecule has 88 valence electrons. The molecule has 1 aromatic heterocycles. The first-order chi connectivity index (χ1) is 8.43. The van der Waals surface area contributed by atoms with Crippen LogP contribution in [0.4, 0.5) is 0 Å². The molecule has 2 heterocycles. The lowest BCUT2D eigenvalue weighted by Crippen LogP contribution is -2.18. The van der Waals surface area contributed by atoms with Crippen molar-refractivity contribution >= 4 is 10.9 Å². The third-order valence-electron chi connectivity index (χ3n) is 2.67. The molecule has 1 aliphatic rings. The van der Waals surface area contributed by atoms with Gasteiger partial charge in [0, 0.05) is 11.6 Å². The Balaban J connectivity index is 1.79. The van der Waals surface area contributed by atoms with E-state index in [1.165, 1.54) is 0 Å². The van der Waals surface area contributed by atoms with Gasteiger partial charge in [0.15, 0.2) is 6.29 Å². The van der Waals surface area contributed by atoms with Crippen LogP contribution in [0.2, 0.25) is 0 Å². The summed E-state index contributed by atoms with van der Waals surface area (Å²) in [5.74, 6) is 0.815. The maximum atomic E-state index is 5.71. The van der Waals surface area contributed by atoms with Crippen LogP contribution in [0.25, 0.3) is 10.9 Å². The van der Waals surface area contributed by atoms with Crippen LogP contribution in [0.1, 0.15) is 0 Å². The zero-order valence-corrected chi connectivity index (χ0v) is 9.33. The molecule has 1 saturated heterocycles. The van der Waals surface area contributed by atoms with Gasteiger partial charge in [0.05, 0.1) is 18.7 Å². The fourth-order valence-electron chi connectivity index (χ4n) is 1.86. The summed E-state index contributed by atoms with van der Waals surface area (Å²) in [7, 11) is 0. The molecular formula is C13H13NO3. The van der Waals surface area contributed by atoms with E-state index in [2.05, 4.69) is 4.98 Å². The minimum atomic E-state index is -0.248. The van der Waals surface area contributed by atoms with Crippen LogP contribution < -0.4 is 4.74 Å². The summed E-state index contributed by atoms with van der Waals surface area (Å²) >= 11 is 0. The first-order valence-corrected chi connectivity index (χ1v) is 5.63. The number of benzene rings is 1. The molecule has 1 aromatic carbocycles. The molecule has 0 bridgehead atoms. The topological polar surface area (TPSA) is 40.6 Å². The maximum Gasteiger partial charge on any atom is 0.191 e. The predicted molar refractivity (Wildman–Crippen MR) is 62.9 cm³/mol. The number of hydrogen-bond donors (Lipinski definition) is 0. The van der Waals surface area contributed by atoms with Crippen molar-refractivity contribution in [3.8, 4) is 5.75 Å². The summed E-state index contributed by atoms with van der Waals surface area (Å²) in [5, 5.41) is 1.01. The van der Waals surface area contributed by atoms with Crippen LogP contribution in [0, 0.1) is 0 Å². The molecule has 1 fully saturated rings. The number of pyridine rings is 1. The second-order valence-corrected chi connectivity index (χ2v) is 3.81. The molecule has 17 heavy (non-hydrogen) atoms. The average molecular weight is 231 g/mol. The molecule has 2 aromatic rings. The first kappa shape index (κ1) is 10.5. The molecule has 0 amide bonds. The number of nitrogens with zero attached hydrogens (tertiary/aromatic N) is 1. The number of ether oxygens (including phenoxy) is 3. The zero-order valence-electron chi connectivity index (χ0n) is 9.33. The Labute approximate surface area is 99.1 Å². The van der Waals surface area contributed by atoms with E-state index in [4.69, 9.17) is 14.2 Å². The van der Waals surface area contributed by atoms with Crippen molar-refractivity contribution in [1.29, 1.82) is 0 Å². The molecule has 0 radical (unpaired) electrons. The van der Waals surface area contributed by atoms with Gasteiger partial charge in [0.2, 0.25) is 0 Å². The maximum absolute atomic E-state index is 5.71. The third-order valence-corrected chi connectivity index (χ3v) is 2.67. The molecule has 1 aliphatic heterocycles. The number of rotatable bonds is 3. The van der Waals surface area contributed by atoms with E-state index in [1.807, 2.05) is 30.3 Å². The van der Waals surface area contributed by atoms with E-state index >= 15 is 0 Å². The van der Waals surface area contributed by atoms with Crippen LogP contribution in [0.15, 0.2) is 36.5 Å². The Morgan fingerprint density at radius 3 is 2.94 bits per heavy atom. The second kappa shape index (κ2) is 4.69. The standard InChI is InChI=1S/C13H13NO3/c1-4-11-10(3-2-6-14-11)12(5-1)17-9-13-15-7-8-16-13/h1-6,13H,7-9H2. The number of aromatic nitrogens is 1. The van der Waals surface area contributed by atoms with Crippen LogP contribution in [0.5, 0.6) is 5.75 Å². The van der Waals surface area contributed by atoms with Gasteiger partial charge < -0.3 is 14.2 Å². The van der Waals surface area contributed by atoms with Gasteiger partial charge in [-0.15, -0.1) is 0 Å². The molecule has 0 atom stereocenters. The largest absolute Gasteiger partial charge is 0.488 e. The fraction of sp³-hybridized carbons (Fsp3) is 0.308. The molecule has 0 unspecified atom stereocenters. The average Bonchev–Trinajstić information content (AvgIpc) is 2.89. The fourth-order valence-corrected chi connectivity index (χ4v) is 1.86. The summed E-state index contributed by atoms with van der Waals surface area (Å²) in [6, 6.07) is 9.72. The Morgan fingerprint density at radius 1 is 1.18 bits per heavy atom. The van der Waals surface area contributed by atoms with Crippen LogP contribution >= 0.6 is 0 Å². The summed E-state index contributed by atoms with van der Waals surface area (Å²) in [4.78, 5) is 4.28. The minimum Gasteiger partial charge on any atom is -0.488 e. The molecule has 0 spiro atoms. The highest BCUT2D eigenvalue weighted by atomic mass is 16.7. The van der Waals surface area contributed by atoms with Crippen molar-refractivity contribution < 1.29 is 14.2 Å². The lowest BCUT2D eigenvalue weighted by molar-refractivity contribution is -0.0681. The van der Waals surface area contributed by atoms with Crippen molar-refractivity contribution in [3.05, 3.63) is 36.5 Å². The van der Waals surface area contributed by atoms with Gasteiger partial charge in [0.25, 0.3) is 0 Å². The van der Waals surface area contributed by atoms with Crippen LogP contribution in [0.3, 0.4) is 0 Å². The van der Waals surface area contributed by atoms with E-state index in [9.17, 15) is 0 Å². The van der Waals surface area contributed by atoms with Crippen LogP contribution in [-0.4, -0.2) is 31.1 Å². The smallest absolute Gasteiger partial charge is 0.191 e. The summed E-state index contributed by atoms with van der Waals surface area (Å²) in [5.41, 5.74) is 0.929. The third kappa shape index (κ3) is 2.23. The highest BCUT2D eigenvalue weighted by Crippen LogP contribution is 2.24. The zero-order chi connectivity index (χ0) is 11.5. The minimum absolute atomic E-state index is 0.248. The molecule has 4 heteroatoms. The van der Waals surface area contributed by atoms with Crippen molar-refractivity contribution in [2.75, 3.05) is 19.8 Å². The Morgan fingerprint density at radius 2 is 2.06 bits per heavy atom. The lowest BCUT2D eigenvalue weighted by atomic mass is 10.2. The summed E-state index contributed by atoms with van der Waals surface area (Å²) in [6.07, 6.45) is 1.52. The first-order valence-electron chi connectivity index (χ1n) is 5.63. The van der Waals surface area contributed by atoms with E-state index in [-0.39, 0.29) is 6.29 Å². The normalized spacial score (nSPS) is 16.5. The molecule has 3 rings (SSSR count). The van der Waals surface area contributed by atoms with E-state index < -0.39 is 0 Å². The second-order valence-electron chi connectivity index (χ2n) is 3.81. The molecule has 0 saturated carbocycles. The van der Waals surface area contributed by atoms with E-state index in [0.29, 0.717) is 19.8 Å². The van der Waals surface area contributed by atoms with Gasteiger partial charge >= 0.3 is 0 Å². The highest BCUT2D eigenvalue weighted by molar-refractivity contribution is 5.84. The Kier molecular flexibility index (Phi) is 2.90.